The average Bonchev–Trinajstić information content (AvgIpc) is 2.39. The summed E-state index contributed by atoms with van der Waals surface area (Å²) in [5.41, 5.74) is 0.987. The minimum absolute atomic E-state index is 0.322. The van der Waals surface area contributed by atoms with Crippen LogP contribution in [-0.4, -0.2) is 45.7 Å². The predicted molar refractivity (Wildman–Crippen MR) is 69.1 cm³/mol. The van der Waals surface area contributed by atoms with E-state index in [0.29, 0.717) is 19.7 Å². The molecular weight excluding hydrogens is 234 g/mol. The first-order valence-corrected chi connectivity index (χ1v) is 5.80. The molecule has 0 spiro atoms. The zero-order valence-electron chi connectivity index (χ0n) is 11.1. The second-order valence-electron chi connectivity index (χ2n) is 3.92. The number of hydrogen-bond acceptors (Lipinski definition) is 5. The maximum atomic E-state index is 9.51. The summed E-state index contributed by atoms with van der Waals surface area (Å²) < 4.78 is 15.3. The standard InChI is InChI=1S/C13H21NO4/c1-16-9-11(15)8-14-7-10-6-12(17-2)4-5-13(10)18-3/h4-6,11,14-15H,7-9H2,1-3H3. The summed E-state index contributed by atoms with van der Waals surface area (Å²) in [6, 6.07) is 5.62. The highest BCUT2D eigenvalue weighted by Gasteiger charge is 2.06. The van der Waals surface area contributed by atoms with Crippen molar-refractivity contribution in [3.63, 3.8) is 0 Å². The van der Waals surface area contributed by atoms with Gasteiger partial charge in [-0.25, -0.2) is 0 Å². The summed E-state index contributed by atoms with van der Waals surface area (Å²) in [7, 11) is 4.82. The van der Waals surface area contributed by atoms with E-state index in [9.17, 15) is 5.11 Å². The number of methoxy groups -OCH3 is 3. The predicted octanol–water partition coefficient (Wildman–Crippen LogP) is 0.801. The molecule has 0 aliphatic heterocycles. The lowest BCUT2D eigenvalue weighted by atomic mass is 10.2. The maximum Gasteiger partial charge on any atom is 0.123 e. The van der Waals surface area contributed by atoms with Crippen molar-refractivity contribution in [2.45, 2.75) is 12.6 Å². The molecule has 0 aliphatic carbocycles. The molecule has 5 nitrogen and oxygen atoms in total. The van der Waals surface area contributed by atoms with Crippen molar-refractivity contribution in [3.05, 3.63) is 23.8 Å². The van der Waals surface area contributed by atoms with Crippen LogP contribution in [0.3, 0.4) is 0 Å². The third kappa shape index (κ3) is 4.52. The summed E-state index contributed by atoms with van der Waals surface area (Å²) in [6.07, 6.45) is -0.508. The van der Waals surface area contributed by atoms with Gasteiger partial charge < -0.3 is 24.6 Å². The van der Waals surface area contributed by atoms with Crippen LogP contribution in [0, 0.1) is 0 Å². The van der Waals surface area contributed by atoms with E-state index in [0.717, 1.165) is 17.1 Å². The number of nitrogens with one attached hydrogen (secondary N) is 1. The molecule has 0 amide bonds. The SMILES string of the molecule is COCC(O)CNCc1cc(OC)ccc1OC. The molecule has 5 heteroatoms. The summed E-state index contributed by atoms with van der Waals surface area (Å²) in [6.45, 7) is 1.39. The quantitative estimate of drug-likeness (QED) is 0.719. The summed E-state index contributed by atoms with van der Waals surface area (Å²) in [5, 5.41) is 12.7. The Kier molecular flexibility index (Phi) is 6.49. The summed E-state index contributed by atoms with van der Waals surface area (Å²) in [4.78, 5) is 0. The Hall–Kier alpha value is -1.30. The van der Waals surface area contributed by atoms with Gasteiger partial charge >= 0.3 is 0 Å². The molecule has 0 aromatic heterocycles. The zero-order valence-corrected chi connectivity index (χ0v) is 11.1. The van der Waals surface area contributed by atoms with Gasteiger partial charge in [-0.2, -0.15) is 0 Å². The van der Waals surface area contributed by atoms with Crippen LogP contribution in [0.5, 0.6) is 11.5 Å². The molecule has 0 saturated heterocycles. The topological polar surface area (TPSA) is 60.0 Å². The lowest BCUT2D eigenvalue weighted by Gasteiger charge is -2.13. The molecule has 102 valence electrons. The molecule has 1 atom stereocenters. The van der Waals surface area contributed by atoms with Gasteiger partial charge in [0, 0.05) is 25.8 Å². The second-order valence-corrected chi connectivity index (χ2v) is 3.92. The molecule has 1 unspecified atom stereocenters. The van der Waals surface area contributed by atoms with Crippen LogP contribution in [0.15, 0.2) is 18.2 Å². The minimum atomic E-state index is -0.508. The normalized spacial score (nSPS) is 12.2. The Labute approximate surface area is 108 Å². The van der Waals surface area contributed by atoms with Crippen LogP contribution >= 0.6 is 0 Å². The van der Waals surface area contributed by atoms with Gasteiger partial charge in [0.2, 0.25) is 0 Å². The highest BCUT2D eigenvalue weighted by Crippen LogP contribution is 2.23. The highest BCUT2D eigenvalue weighted by molar-refractivity contribution is 5.40. The Morgan fingerprint density at radius 3 is 2.61 bits per heavy atom. The van der Waals surface area contributed by atoms with Gasteiger partial charge in [0.15, 0.2) is 0 Å². The Morgan fingerprint density at radius 2 is 2.00 bits per heavy atom. The average molecular weight is 255 g/mol. The number of hydrogen-bond donors (Lipinski definition) is 2. The fourth-order valence-electron chi connectivity index (χ4n) is 1.64. The smallest absolute Gasteiger partial charge is 0.123 e. The van der Waals surface area contributed by atoms with E-state index in [1.807, 2.05) is 18.2 Å². The molecule has 1 aromatic rings. The van der Waals surface area contributed by atoms with Crippen LogP contribution in [-0.2, 0) is 11.3 Å². The third-order valence-corrected chi connectivity index (χ3v) is 2.54. The fourth-order valence-corrected chi connectivity index (χ4v) is 1.64. The molecule has 18 heavy (non-hydrogen) atoms. The number of aliphatic hydroxyl groups excluding tert-OH is 1. The van der Waals surface area contributed by atoms with Gasteiger partial charge in [-0.15, -0.1) is 0 Å². The minimum Gasteiger partial charge on any atom is -0.497 e. The van der Waals surface area contributed by atoms with Crippen molar-refractivity contribution in [2.75, 3.05) is 34.5 Å². The fraction of sp³-hybridized carbons (Fsp3) is 0.538. The van der Waals surface area contributed by atoms with E-state index in [-0.39, 0.29) is 0 Å². The lowest BCUT2D eigenvalue weighted by Crippen LogP contribution is -2.29. The van der Waals surface area contributed by atoms with Crippen LogP contribution in [0.1, 0.15) is 5.56 Å². The molecule has 2 N–H and O–H groups in total. The first-order valence-electron chi connectivity index (χ1n) is 5.80. The number of rotatable bonds is 8. The van der Waals surface area contributed by atoms with Gasteiger partial charge in [0.1, 0.15) is 11.5 Å². The molecule has 1 rings (SSSR count). The number of aliphatic hydroxyl groups is 1. The van der Waals surface area contributed by atoms with Gasteiger partial charge in [-0.3, -0.25) is 0 Å². The van der Waals surface area contributed by atoms with Crippen LogP contribution < -0.4 is 14.8 Å². The van der Waals surface area contributed by atoms with E-state index in [1.165, 1.54) is 0 Å². The molecule has 0 aliphatic rings. The van der Waals surface area contributed by atoms with Gasteiger partial charge in [-0.1, -0.05) is 0 Å². The highest BCUT2D eigenvalue weighted by atomic mass is 16.5. The van der Waals surface area contributed by atoms with E-state index in [2.05, 4.69) is 5.32 Å². The third-order valence-electron chi connectivity index (χ3n) is 2.54. The van der Waals surface area contributed by atoms with Gasteiger partial charge in [0.25, 0.3) is 0 Å². The first-order chi connectivity index (χ1) is 8.71. The lowest BCUT2D eigenvalue weighted by molar-refractivity contribution is 0.0644. The molecule has 0 fully saturated rings. The first kappa shape index (κ1) is 14.8. The van der Waals surface area contributed by atoms with Gasteiger partial charge in [-0.05, 0) is 18.2 Å². The van der Waals surface area contributed by atoms with E-state index < -0.39 is 6.10 Å². The van der Waals surface area contributed by atoms with E-state index in [4.69, 9.17) is 14.2 Å². The van der Waals surface area contributed by atoms with Crippen LogP contribution in [0.4, 0.5) is 0 Å². The Balaban J connectivity index is 2.54. The van der Waals surface area contributed by atoms with E-state index >= 15 is 0 Å². The molecule has 0 heterocycles. The largest absolute Gasteiger partial charge is 0.497 e. The molecule has 0 bridgehead atoms. The van der Waals surface area contributed by atoms with Crippen molar-refractivity contribution in [3.8, 4) is 11.5 Å². The van der Waals surface area contributed by atoms with Crippen molar-refractivity contribution in [1.29, 1.82) is 0 Å². The summed E-state index contributed by atoms with van der Waals surface area (Å²) >= 11 is 0. The Bertz CT molecular complexity index is 357. The number of benzene rings is 1. The Morgan fingerprint density at radius 1 is 1.22 bits per heavy atom. The molecular formula is C13H21NO4. The monoisotopic (exact) mass is 255 g/mol. The van der Waals surface area contributed by atoms with Crippen LogP contribution in [0.2, 0.25) is 0 Å². The van der Waals surface area contributed by atoms with Crippen molar-refractivity contribution >= 4 is 0 Å². The molecule has 1 aromatic carbocycles. The van der Waals surface area contributed by atoms with Crippen molar-refractivity contribution < 1.29 is 19.3 Å². The second kappa shape index (κ2) is 7.92. The van der Waals surface area contributed by atoms with Crippen molar-refractivity contribution in [1.82, 2.24) is 5.32 Å². The molecule has 0 radical (unpaired) electrons. The summed E-state index contributed by atoms with van der Waals surface area (Å²) in [5.74, 6) is 1.58. The maximum absolute atomic E-state index is 9.51. The van der Waals surface area contributed by atoms with Gasteiger partial charge in [0.05, 0.1) is 26.9 Å². The zero-order chi connectivity index (χ0) is 13.4. The van der Waals surface area contributed by atoms with Crippen LogP contribution in [0.25, 0.3) is 0 Å². The van der Waals surface area contributed by atoms with E-state index in [1.54, 1.807) is 21.3 Å². The number of ether oxygens (including phenoxy) is 3. The molecule has 0 saturated carbocycles. The van der Waals surface area contributed by atoms with Crippen molar-refractivity contribution in [2.24, 2.45) is 0 Å².